The number of hydrogen-bond donors (Lipinski definition) is 2. The summed E-state index contributed by atoms with van der Waals surface area (Å²) in [5.41, 5.74) is 0. The zero-order valence-electron chi connectivity index (χ0n) is 14.3. The van der Waals surface area contributed by atoms with Gasteiger partial charge in [0.2, 0.25) is 0 Å². The number of carboxylic acid groups (broad SMARTS) is 1. The van der Waals surface area contributed by atoms with Gasteiger partial charge < -0.3 is 14.1 Å². The quantitative estimate of drug-likeness (QED) is 0.211. The molecule has 0 fully saturated rings. The molecule has 0 saturated heterocycles. The summed E-state index contributed by atoms with van der Waals surface area (Å²) in [6, 6.07) is 0. The monoisotopic (exact) mass is 356 g/mol. The number of carboxylic acids is 1. The van der Waals surface area contributed by atoms with E-state index in [9.17, 15) is 4.79 Å². The van der Waals surface area contributed by atoms with Crippen molar-refractivity contribution in [2.24, 2.45) is 0 Å². The average Bonchev–Trinajstić information content (AvgIpc) is 2.41. The third kappa shape index (κ3) is 13.7. The molecule has 0 heterocycles. The smallest absolute Gasteiger partial charge is 0.313 e. The molecule has 22 heavy (non-hydrogen) atoms. The number of likely N-dealkylation sites (N-methyl/N-ethyl adjacent to an activating group) is 2. The van der Waals surface area contributed by atoms with Gasteiger partial charge in [0.25, 0.3) is 0 Å². The highest BCUT2D eigenvalue weighted by Crippen LogP contribution is 2.09. The lowest BCUT2D eigenvalue weighted by atomic mass is 10.3. The predicted octanol–water partition coefficient (Wildman–Crippen LogP) is 1.18. The van der Waals surface area contributed by atoms with Crippen molar-refractivity contribution in [1.82, 2.24) is 0 Å². The van der Waals surface area contributed by atoms with Crippen LogP contribution in [0.15, 0.2) is 0 Å². The largest absolute Gasteiger partial charge is 0.481 e. The summed E-state index contributed by atoms with van der Waals surface area (Å²) < 4.78 is 1.89. The van der Waals surface area contributed by atoms with Crippen LogP contribution in [0, 0.1) is 0 Å². The molecule has 0 aromatic rings. The van der Waals surface area contributed by atoms with Crippen LogP contribution in [0.2, 0.25) is 0 Å². The Balaban J connectivity index is 3.87. The Hall–Kier alpha value is 0.0100. The zero-order chi connectivity index (χ0) is 17.1. The first-order valence-electron chi connectivity index (χ1n) is 7.46. The third-order valence-corrected chi connectivity index (χ3v) is 5.39. The lowest BCUT2D eigenvalue weighted by Crippen LogP contribution is -2.52. The van der Waals surface area contributed by atoms with Crippen molar-refractivity contribution in [1.29, 1.82) is 0 Å². The summed E-state index contributed by atoms with van der Waals surface area (Å²) in [6.45, 7) is 4.62. The molecule has 8 heteroatoms. The van der Waals surface area contributed by atoms with Crippen molar-refractivity contribution in [3.05, 3.63) is 0 Å². The van der Waals surface area contributed by atoms with E-state index in [0.717, 1.165) is 52.4 Å². The molecule has 0 radical (unpaired) electrons. The molecule has 0 rings (SSSR count). The molecule has 0 aliphatic heterocycles. The van der Waals surface area contributed by atoms with E-state index in [1.54, 1.807) is 11.8 Å². The molecule has 0 aromatic carbocycles. The van der Waals surface area contributed by atoms with Crippen LogP contribution >= 0.6 is 23.5 Å². The molecular formula is C14H32N2O4S2+2. The highest BCUT2D eigenvalue weighted by atomic mass is 32.2. The first-order valence-corrected chi connectivity index (χ1v) is 9.77. The van der Waals surface area contributed by atoms with E-state index in [-0.39, 0.29) is 5.75 Å². The normalized spacial score (nSPS) is 12.6. The Kier molecular flexibility index (Phi) is 11.5. The Morgan fingerprint density at radius 3 is 1.86 bits per heavy atom. The van der Waals surface area contributed by atoms with Gasteiger partial charge in [-0.25, -0.2) is 4.89 Å². The van der Waals surface area contributed by atoms with E-state index in [1.807, 2.05) is 0 Å². The Morgan fingerprint density at radius 1 is 0.909 bits per heavy atom. The Morgan fingerprint density at radius 2 is 1.41 bits per heavy atom. The van der Waals surface area contributed by atoms with Crippen molar-refractivity contribution < 1.29 is 29.0 Å². The predicted molar refractivity (Wildman–Crippen MR) is 94.6 cm³/mol. The highest BCUT2D eigenvalue weighted by Gasteiger charge is 2.22. The summed E-state index contributed by atoms with van der Waals surface area (Å²) in [5, 5.41) is 16.9. The van der Waals surface area contributed by atoms with Crippen LogP contribution in [0.5, 0.6) is 0 Å². The maximum atomic E-state index is 10.5. The Labute approximate surface area is 142 Å². The fourth-order valence-electron chi connectivity index (χ4n) is 1.75. The van der Waals surface area contributed by atoms with Crippen LogP contribution < -0.4 is 0 Å². The van der Waals surface area contributed by atoms with E-state index >= 15 is 0 Å². The second-order valence-corrected chi connectivity index (χ2v) is 8.99. The number of quaternary nitrogens is 2. The second-order valence-electron chi connectivity index (χ2n) is 6.66. The Bertz CT molecular complexity index is 315. The van der Waals surface area contributed by atoms with Crippen LogP contribution in [-0.2, 0) is 9.68 Å². The zero-order valence-corrected chi connectivity index (χ0v) is 15.9. The van der Waals surface area contributed by atoms with Crippen LogP contribution in [0.3, 0.4) is 0 Å². The fraction of sp³-hybridized carbons (Fsp3) is 0.929. The van der Waals surface area contributed by atoms with Crippen molar-refractivity contribution in [3.63, 3.8) is 0 Å². The summed E-state index contributed by atoms with van der Waals surface area (Å²) in [7, 11) is 8.88. The SMILES string of the molecule is C[N+](C)(CCSCCOO)CC[N+](C)(C)CCSCC(=O)O. The lowest BCUT2D eigenvalue weighted by Gasteiger charge is -2.35. The lowest BCUT2D eigenvalue weighted by molar-refractivity contribution is -0.943. The van der Waals surface area contributed by atoms with Gasteiger partial charge in [0.1, 0.15) is 13.1 Å². The minimum Gasteiger partial charge on any atom is -0.481 e. The highest BCUT2D eigenvalue weighted by molar-refractivity contribution is 8.00. The van der Waals surface area contributed by atoms with Crippen molar-refractivity contribution in [2.45, 2.75) is 0 Å². The first kappa shape index (κ1) is 22.0. The van der Waals surface area contributed by atoms with E-state index in [2.05, 4.69) is 33.1 Å². The molecule has 0 spiro atoms. The number of aliphatic carboxylic acids is 1. The van der Waals surface area contributed by atoms with Crippen LogP contribution in [0.25, 0.3) is 0 Å². The number of carbonyl (C=O) groups is 1. The minimum atomic E-state index is -0.739. The van der Waals surface area contributed by atoms with Gasteiger partial charge in [-0.05, 0) is 0 Å². The maximum absolute atomic E-state index is 10.5. The summed E-state index contributed by atoms with van der Waals surface area (Å²) in [5.74, 6) is 2.20. The molecule has 2 N–H and O–H groups in total. The van der Waals surface area contributed by atoms with Gasteiger partial charge in [-0.3, -0.25) is 10.1 Å². The number of thioether (sulfide) groups is 2. The second kappa shape index (κ2) is 11.5. The molecule has 0 atom stereocenters. The molecule has 0 aromatic heterocycles. The maximum Gasteiger partial charge on any atom is 0.313 e. The molecule has 6 nitrogen and oxygen atoms in total. The van der Waals surface area contributed by atoms with Crippen molar-refractivity contribution >= 4 is 29.5 Å². The molecular weight excluding hydrogens is 324 g/mol. The van der Waals surface area contributed by atoms with Gasteiger partial charge in [0, 0.05) is 17.3 Å². The van der Waals surface area contributed by atoms with E-state index in [1.165, 1.54) is 11.8 Å². The van der Waals surface area contributed by atoms with Crippen molar-refractivity contribution in [3.8, 4) is 0 Å². The third-order valence-electron chi connectivity index (χ3n) is 3.54. The van der Waals surface area contributed by atoms with Gasteiger partial charge >= 0.3 is 5.97 Å². The topological polar surface area (TPSA) is 66.8 Å². The van der Waals surface area contributed by atoms with Crippen LogP contribution in [0.1, 0.15) is 0 Å². The van der Waals surface area contributed by atoms with E-state index < -0.39 is 5.97 Å². The number of nitrogens with zero attached hydrogens (tertiary/aromatic N) is 2. The summed E-state index contributed by atoms with van der Waals surface area (Å²) >= 11 is 3.28. The van der Waals surface area contributed by atoms with Crippen LogP contribution in [-0.4, -0.2) is 109 Å². The molecule has 0 aliphatic carbocycles. The molecule has 0 bridgehead atoms. The average molecular weight is 357 g/mol. The molecule has 0 unspecified atom stereocenters. The summed E-state index contributed by atoms with van der Waals surface area (Å²) in [6.07, 6.45) is 0. The molecule has 0 aliphatic rings. The first-order chi connectivity index (χ1) is 10.2. The van der Waals surface area contributed by atoms with Gasteiger partial charge in [0.15, 0.2) is 0 Å². The van der Waals surface area contributed by atoms with Gasteiger partial charge in [-0.15, -0.1) is 11.8 Å². The van der Waals surface area contributed by atoms with Gasteiger partial charge in [0.05, 0.1) is 53.6 Å². The van der Waals surface area contributed by atoms with E-state index in [4.69, 9.17) is 10.4 Å². The molecule has 132 valence electrons. The standard InChI is InChI=1S/C14H30N2O4S2/c1-15(2,7-10-21-12-9-20-19)5-6-16(3,4)8-11-22-13-14(17)18/h5-13H2,1-4H3/p+2. The minimum absolute atomic E-state index is 0.191. The number of hydrogen-bond acceptors (Lipinski definition) is 5. The number of rotatable bonds is 14. The van der Waals surface area contributed by atoms with Crippen LogP contribution in [0.4, 0.5) is 0 Å². The summed E-state index contributed by atoms with van der Waals surface area (Å²) in [4.78, 5) is 14.6. The van der Waals surface area contributed by atoms with Gasteiger partial charge in [-0.1, -0.05) is 0 Å². The fourth-order valence-corrected chi connectivity index (χ4v) is 3.71. The van der Waals surface area contributed by atoms with E-state index in [0.29, 0.717) is 6.61 Å². The molecule has 0 amide bonds. The molecule has 0 saturated carbocycles. The van der Waals surface area contributed by atoms with Gasteiger partial charge in [-0.2, -0.15) is 11.8 Å². The van der Waals surface area contributed by atoms with Crippen molar-refractivity contribution in [2.75, 3.05) is 84.0 Å².